The smallest absolute Gasteiger partial charge is 0.402 e. The van der Waals surface area contributed by atoms with Crippen LogP contribution in [0.2, 0.25) is 0 Å². The predicted octanol–water partition coefficient (Wildman–Crippen LogP) is 2.03. The van der Waals surface area contributed by atoms with Gasteiger partial charge in [-0.05, 0) is 18.4 Å². The molecule has 3 N–H and O–H groups in total. The Morgan fingerprint density at radius 3 is 2.08 bits per heavy atom. The highest BCUT2D eigenvalue weighted by atomic mass is 32.2. The summed E-state index contributed by atoms with van der Waals surface area (Å²) in [6, 6.07) is 10.3. The van der Waals surface area contributed by atoms with Gasteiger partial charge in [0.25, 0.3) is 0 Å². The van der Waals surface area contributed by atoms with Crippen molar-refractivity contribution in [1.29, 1.82) is 0 Å². The van der Waals surface area contributed by atoms with Gasteiger partial charge in [0, 0.05) is 4.90 Å². The molecule has 1 aromatic carbocycles. The van der Waals surface area contributed by atoms with Crippen LogP contribution < -0.4 is 5.73 Å². The summed E-state index contributed by atoms with van der Waals surface area (Å²) >= 11 is 1.77. The Bertz CT molecular complexity index is 222. The zero-order valence-electron chi connectivity index (χ0n) is 6.73. The van der Waals surface area contributed by atoms with Crippen molar-refractivity contribution < 1.29 is 9.90 Å². The van der Waals surface area contributed by atoms with Crippen LogP contribution in [0, 0.1) is 0 Å². The number of carboxylic acid groups (broad SMARTS) is 1. The first-order valence-corrected chi connectivity index (χ1v) is 4.46. The summed E-state index contributed by atoms with van der Waals surface area (Å²) in [4.78, 5) is 10.1. The van der Waals surface area contributed by atoms with Gasteiger partial charge >= 0.3 is 6.09 Å². The van der Waals surface area contributed by atoms with E-state index < -0.39 is 6.09 Å². The van der Waals surface area contributed by atoms with E-state index in [1.807, 2.05) is 18.2 Å². The Morgan fingerprint density at radius 2 is 1.83 bits per heavy atom. The highest BCUT2D eigenvalue weighted by Gasteiger charge is 1.80. The zero-order valence-corrected chi connectivity index (χ0v) is 7.54. The number of nitrogens with two attached hydrogens (primary N) is 1. The van der Waals surface area contributed by atoms with Crippen LogP contribution in [-0.4, -0.2) is 17.5 Å². The van der Waals surface area contributed by atoms with Crippen LogP contribution in [0.25, 0.3) is 0 Å². The van der Waals surface area contributed by atoms with Crippen LogP contribution in [0.1, 0.15) is 0 Å². The molecule has 0 saturated carbocycles. The average molecular weight is 185 g/mol. The van der Waals surface area contributed by atoms with Crippen molar-refractivity contribution in [2.75, 3.05) is 6.26 Å². The molecular weight excluding hydrogens is 174 g/mol. The molecule has 1 amide bonds. The molecule has 0 radical (unpaired) electrons. The number of rotatable bonds is 1. The van der Waals surface area contributed by atoms with Crippen molar-refractivity contribution >= 4 is 17.9 Å². The molecule has 4 heteroatoms. The molecule has 0 bridgehead atoms. The van der Waals surface area contributed by atoms with Crippen molar-refractivity contribution in [2.45, 2.75) is 4.90 Å². The normalized spacial score (nSPS) is 8.08. The Labute approximate surface area is 75.6 Å². The van der Waals surface area contributed by atoms with E-state index in [4.69, 9.17) is 9.90 Å². The molecule has 0 heterocycles. The maximum atomic E-state index is 8.78. The third kappa shape index (κ3) is 6.95. The van der Waals surface area contributed by atoms with Crippen LogP contribution in [0.4, 0.5) is 4.79 Å². The van der Waals surface area contributed by atoms with Gasteiger partial charge in [0.05, 0.1) is 0 Å². The lowest BCUT2D eigenvalue weighted by atomic mass is 10.4. The van der Waals surface area contributed by atoms with Crippen molar-refractivity contribution in [3.8, 4) is 0 Å². The minimum Gasteiger partial charge on any atom is -0.465 e. The summed E-state index contributed by atoms with van der Waals surface area (Å²) in [5.41, 5.74) is 4.03. The van der Waals surface area contributed by atoms with Gasteiger partial charge in [-0.1, -0.05) is 18.2 Å². The van der Waals surface area contributed by atoms with Crippen LogP contribution in [-0.2, 0) is 0 Å². The number of carbonyl (C=O) groups is 1. The SMILES string of the molecule is CSc1ccccc1.NC(=O)O. The Balaban J connectivity index is 0.000000261. The van der Waals surface area contributed by atoms with E-state index in [-0.39, 0.29) is 0 Å². The van der Waals surface area contributed by atoms with Crippen LogP contribution in [0.5, 0.6) is 0 Å². The molecule has 0 saturated heterocycles. The minimum absolute atomic E-state index is 1.33. The largest absolute Gasteiger partial charge is 0.465 e. The summed E-state index contributed by atoms with van der Waals surface area (Å²) in [6.45, 7) is 0. The lowest BCUT2D eigenvalue weighted by Crippen LogP contribution is -2.03. The van der Waals surface area contributed by atoms with Gasteiger partial charge in [0.2, 0.25) is 0 Å². The monoisotopic (exact) mass is 185 g/mol. The molecule has 66 valence electrons. The molecule has 0 unspecified atom stereocenters. The maximum absolute atomic E-state index is 8.78. The molecular formula is C8H11NO2S. The van der Waals surface area contributed by atoms with E-state index in [0.717, 1.165) is 0 Å². The first kappa shape index (κ1) is 10.8. The highest BCUT2D eigenvalue weighted by molar-refractivity contribution is 7.98. The fourth-order valence-electron chi connectivity index (χ4n) is 0.557. The summed E-state index contributed by atoms with van der Waals surface area (Å²) in [5.74, 6) is 0. The quantitative estimate of drug-likeness (QED) is 0.658. The third-order valence-corrected chi connectivity index (χ3v) is 1.72. The van der Waals surface area contributed by atoms with Crippen LogP contribution in [0.3, 0.4) is 0 Å². The van der Waals surface area contributed by atoms with Gasteiger partial charge in [0.1, 0.15) is 0 Å². The van der Waals surface area contributed by atoms with Gasteiger partial charge in [0.15, 0.2) is 0 Å². The second kappa shape index (κ2) is 6.54. The van der Waals surface area contributed by atoms with Gasteiger partial charge in [-0.3, -0.25) is 0 Å². The molecule has 0 aliphatic heterocycles. The second-order valence-electron chi connectivity index (χ2n) is 1.86. The Kier molecular flexibility index (Phi) is 5.91. The molecule has 1 rings (SSSR count). The number of amides is 1. The van der Waals surface area contributed by atoms with Gasteiger partial charge in [-0.15, -0.1) is 11.8 Å². The van der Waals surface area contributed by atoms with Crippen molar-refractivity contribution in [2.24, 2.45) is 5.73 Å². The van der Waals surface area contributed by atoms with Crippen LogP contribution in [0.15, 0.2) is 35.2 Å². The summed E-state index contributed by atoms with van der Waals surface area (Å²) in [6.07, 6.45) is 0.745. The van der Waals surface area contributed by atoms with E-state index in [9.17, 15) is 0 Å². The Hall–Kier alpha value is -1.16. The Morgan fingerprint density at radius 1 is 1.42 bits per heavy atom. The first-order valence-electron chi connectivity index (χ1n) is 3.24. The number of thioether (sulfide) groups is 1. The number of benzene rings is 1. The summed E-state index contributed by atoms with van der Waals surface area (Å²) in [7, 11) is 0. The topological polar surface area (TPSA) is 63.3 Å². The van der Waals surface area contributed by atoms with E-state index in [1.54, 1.807) is 11.8 Å². The van der Waals surface area contributed by atoms with Crippen LogP contribution >= 0.6 is 11.8 Å². The molecule has 3 nitrogen and oxygen atoms in total. The average Bonchev–Trinajstić information content (AvgIpc) is 2.05. The fraction of sp³-hybridized carbons (Fsp3) is 0.125. The predicted molar refractivity (Wildman–Crippen MR) is 50.4 cm³/mol. The van der Waals surface area contributed by atoms with Gasteiger partial charge < -0.3 is 10.8 Å². The summed E-state index contributed by atoms with van der Waals surface area (Å²) in [5, 5.41) is 7.19. The van der Waals surface area contributed by atoms with Crippen molar-refractivity contribution in [3.63, 3.8) is 0 Å². The minimum atomic E-state index is -1.33. The fourth-order valence-corrected chi connectivity index (χ4v) is 0.986. The highest BCUT2D eigenvalue weighted by Crippen LogP contribution is 2.11. The molecule has 0 spiro atoms. The molecule has 0 aliphatic carbocycles. The lowest BCUT2D eigenvalue weighted by molar-refractivity contribution is 0.205. The number of hydrogen-bond acceptors (Lipinski definition) is 2. The second-order valence-corrected chi connectivity index (χ2v) is 2.74. The molecule has 0 fully saturated rings. The number of hydrogen-bond donors (Lipinski definition) is 2. The molecule has 12 heavy (non-hydrogen) atoms. The van der Waals surface area contributed by atoms with E-state index >= 15 is 0 Å². The van der Waals surface area contributed by atoms with Crippen molar-refractivity contribution in [3.05, 3.63) is 30.3 Å². The van der Waals surface area contributed by atoms with E-state index in [0.29, 0.717) is 0 Å². The van der Waals surface area contributed by atoms with Gasteiger partial charge in [-0.2, -0.15) is 0 Å². The molecule has 1 aromatic rings. The van der Waals surface area contributed by atoms with Gasteiger partial charge in [-0.25, -0.2) is 4.79 Å². The van der Waals surface area contributed by atoms with E-state index in [1.165, 1.54) is 4.90 Å². The molecule has 0 aromatic heterocycles. The van der Waals surface area contributed by atoms with E-state index in [2.05, 4.69) is 24.1 Å². The number of primary amides is 1. The third-order valence-electron chi connectivity index (χ3n) is 0.979. The van der Waals surface area contributed by atoms with Crippen molar-refractivity contribution in [1.82, 2.24) is 0 Å². The summed E-state index contributed by atoms with van der Waals surface area (Å²) < 4.78 is 0. The molecule has 0 aliphatic rings. The molecule has 0 atom stereocenters. The first-order chi connectivity index (χ1) is 5.66. The lowest BCUT2D eigenvalue weighted by Gasteiger charge is -1.89. The zero-order chi connectivity index (χ0) is 9.40. The standard InChI is InChI=1S/C7H8S.CH3NO2/c1-8-7-5-3-2-4-6-7;2-1(3)4/h2-6H,1H3;2H2,(H,3,4). The maximum Gasteiger partial charge on any atom is 0.402 e.